The summed E-state index contributed by atoms with van der Waals surface area (Å²) in [6, 6.07) is 5.40. The predicted octanol–water partition coefficient (Wildman–Crippen LogP) is 3.40. The Morgan fingerprint density at radius 1 is 1.39 bits per heavy atom. The molecule has 1 rings (SSSR count). The van der Waals surface area contributed by atoms with E-state index in [9.17, 15) is 4.79 Å². The minimum absolute atomic E-state index is 0.0206. The van der Waals surface area contributed by atoms with Gasteiger partial charge in [-0.15, -0.1) is 0 Å². The first-order valence-corrected chi connectivity index (χ1v) is 7.47. The van der Waals surface area contributed by atoms with Crippen LogP contribution in [-0.4, -0.2) is 16.9 Å². The number of nitrogens with two attached hydrogens (primary N) is 1. The first-order valence-electron chi connectivity index (χ1n) is 5.47. The number of nitrogens with one attached hydrogen (secondary N) is 1. The quantitative estimate of drug-likeness (QED) is 0.753. The van der Waals surface area contributed by atoms with Crippen LogP contribution in [-0.2, 0) is 0 Å². The molecule has 1 atom stereocenters. The van der Waals surface area contributed by atoms with E-state index in [1.165, 1.54) is 0 Å². The summed E-state index contributed by atoms with van der Waals surface area (Å²) in [5, 5.41) is 2.92. The zero-order valence-electron chi connectivity index (χ0n) is 9.87. The van der Waals surface area contributed by atoms with Crippen molar-refractivity contribution in [2.24, 2.45) is 5.73 Å². The summed E-state index contributed by atoms with van der Waals surface area (Å²) in [5.74, 6) is -0.125. The van der Waals surface area contributed by atoms with Crippen LogP contribution in [0.4, 0.5) is 0 Å². The van der Waals surface area contributed by atoms with Gasteiger partial charge in [0, 0.05) is 27.0 Å². The molecule has 1 amide bonds. The first-order chi connectivity index (χ1) is 8.42. The molecule has 0 heterocycles. The molecule has 98 valence electrons. The summed E-state index contributed by atoms with van der Waals surface area (Å²) in [6.07, 6.45) is 1.31. The molecule has 3 nitrogen and oxygen atoms in total. The fourth-order valence-corrected chi connectivity index (χ4v) is 2.99. The summed E-state index contributed by atoms with van der Waals surface area (Å²) >= 11 is 11.6. The lowest BCUT2D eigenvalue weighted by molar-refractivity contribution is 0.0937. The van der Waals surface area contributed by atoms with E-state index in [2.05, 4.69) is 37.2 Å². The van der Waals surface area contributed by atoms with Crippen LogP contribution in [0.1, 0.15) is 30.1 Å². The molecule has 0 aliphatic rings. The predicted molar refractivity (Wildman–Crippen MR) is 84.8 cm³/mol. The van der Waals surface area contributed by atoms with E-state index >= 15 is 0 Å². The molecule has 1 unspecified atom stereocenters. The highest BCUT2D eigenvalue weighted by Crippen LogP contribution is 2.20. The van der Waals surface area contributed by atoms with E-state index in [-0.39, 0.29) is 11.9 Å². The standard InChI is InChI=1S/C12H14Br2N2OS/c1-2-10(6-11(15)18)16-12(17)7-3-8(13)5-9(14)4-7/h3-5,10H,2,6H2,1H3,(H2,15,18)(H,16,17). The Balaban J connectivity index is 2.77. The van der Waals surface area contributed by atoms with Crippen molar-refractivity contribution in [1.29, 1.82) is 0 Å². The summed E-state index contributed by atoms with van der Waals surface area (Å²) < 4.78 is 1.70. The van der Waals surface area contributed by atoms with Crippen molar-refractivity contribution in [3.05, 3.63) is 32.7 Å². The number of benzene rings is 1. The summed E-state index contributed by atoms with van der Waals surface area (Å²) in [4.78, 5) is 12.5. The molecular weight excluding hydrogens is 380 g/mol. The van der Waals surface area contributed by atoms with E-state index < -0.39 is 0 Å². The van der Waals surface area contributed by atoms with E-state index in [4.69, 9.17) is 18.0 Å². The van der Waals surface area contributed by atoms with E-state index in [1.807, 2.05) is 13.0 Å². The van der Waals surface area contributed by atoms with Crippen LogP contribution >= 0.6 is 44.1 Å². The van der Waals surface area contributed by atoms with Gasteiger partial charge in [0.15, 0.2) is 0 Å². The number of rotatable bonds is 5. The van der Waals surface area contributed by atoms with Gasteiger partial charge in [-0.2, -0.15) is 0 Å². The molecule has 0 saturated carbocycles. The van der Waals surface area contributed by atoms with Gasteiger partial charge in [0.05, 0.1) is 4.99 Å². The third kappa shape index (κ3) is 5.04. The molecule has 0 aromatic heterocycles. The average molecular weight is 394 g/mol. The average Bonchev–Trinajstić information content (AvgIpc) is 2.26. The molecule has 0 radical (unpaired) electrons. The highest BCUT2D eigenvalue weighted by molar-refractivity contribution is 9.11. The zero-order chi connectivity index (χ0) is 13.7. The van der Waals surface area contributed by atoms with Crippen molar-refractivity contribution in [3.63, 3.8) is 0 Å². The minimum atomic E-state index is -0.125. The van der Waals surface area contributed by atoms with Crippen LogP contribution in [0.5, 0.6) is 0 Å². The molecule has 1 aromatic carbocycles. The zero-order valence-corrected chi connectivity index (χ0v) is 13.9. The fourth-order valence-electron chi connectivity index (χ4n) is 1.49. The van der Waals surface area contributed by atoms with Crippen LogP contribution in [0.2, 0.25) is 0 Å². The number of thiocarbonyl (C=S) groups is 1. The number of amides is 1. The SMILES string of the molecule is CCC(CC(N)=S)NC(=O)c1cc(Br)cc(Br)c1. The second-order valence-corrected chi connectivity index (χ2v) is 6.26. The topological polar surface area (TPSA) is 55.1 Å². The second kappa shape index (κ2) is 7.21. The van der Waals surface area contributed by atoms with Crippen molar-refractivity contribution in [2.45, 2.75) is 25.8 Å². The molecule has 3 N–H and O–H groups in total. The second-order valence-electron chi connectivity index (χ2n) is 3.91. The Hall–Kier alpha value is -0.460. The van der Waals surface area contributed by atoms with Crippen molar-refractivity contribution in [1.82, 2.24) is 5.32 Å². The number of halogens is 2. The highest BCUT2D eigenvalue weighted by atomic mass is 79.9. The Morgan fingerprint density at radius 2 is 1.94 bits per heavy atom. The summed E-state index contributed by atoms with van der Waals surface area (Å²) in [6.45, 7) is 1.99. The van der Waals surface area contributed by atoms with Gasteiger partial charge in [0.1, 0.15) is 0 Å². The van der Waals surface area contributed by atoms with Gasteiger partial charge in [-0.1, -0.05) is 51.0 Å². The Morgan fingerprint density at radius 3 is 2.39 bits per heavy atom. The van der Waals surface area contributed by atoms with Gasteiger partial charge < -0.3 is 11.1 Å². The largest absolute Gasteiger partial charge is 0.393 e. The van der Waals surface area contributed by atoms with Crippen LogP contribution < -0.4 is 11.1 Å². The highest BCUT2D eigenvalue weighted by Gasteiger charge is 2.13. The van der Waals surface area contributed by atoms with Crippen molar-refractivity contribution in [3.8, 4) is 0 Å². The number of carbonyl (C=O) groups excluding carboxylic acids is 1. The van der Waals surface area contributed by atoms with E-state index in [0.29, 0.717) is 17.0 Å². The molecule has 18 heavy (non-hydrogen) atoms. The van der Waals surface area contributed by atoms with Crippen LogP contribution in [0.25, 0.3) is 0 Å². The number of hydrogen-bond acceptors (Lipinski definition) is 2. The fraction of sp³-hybridized carbons (Fsp3) is 0.333. The smallest absolute Gasteiger partial charge is 0.251 e. The molecule has 0 spiro atoms. The normalized spacial score (nSPS) is 11.9. The van der Waals surface area contributed by atoms with Crippen LogP contribution in [0, 0.1) is 0 Å². The van der Waals surface area contributed by atoms with Gasteiger partial charge in [0.25, 0.3) is 5.91 Å². The lowest BCUT2D eigenvalue weighted by Gasteiger charge is -2.16. The van der Waals surface area contributed by atoms with Gasteiger partial charge in [-0.05, 0) is 24.6 Å². The molecule has 0 aliphatic carbocycles. The maximum absolute atomic E-state index is 12.1. The molecule has 0 saturated heterocycles. The molecule has 0 aliphatic heterocycles. The van der Waals surface area contributed by atoms with Gasteiger partial charge in [-0.25, -0.2) is 0 Å². The maximum Gasteiger partial charge on any atom is 0.251 e. The van der Waals surface area contributed by atoms with Gasteiger partial charge in [-0.3, -0.25) is 4.79 Å². The van der Waals surface area contributed by atoms with Crippen LogP contribution in [0.3, 0.4) is 0 Å². The van der Waals surface area contributed by atoms with E-state index in [0.717, 1.165) is 15.4 Å². The Bertz CT molecular complexity index is 445. The summed E-state index contributed by atoms with van der Waals surface area (Å²) in [5.41, 5.74) is 6.09. The van der Waals surface area contributed by atoms with Gasteiger partial charge >= 0.3 is 0 Å². The minimum Gasteiger partial charge on any atom is -0.393 e. The molecule has 1 aromatic rings. The molecule has 0 bridgehead atoms. The number of hydrogen-bond donors (Lipinski definition) is 2. The van der Waals surface area contributed by atoms with Gasteiger partial charge in [0.2, 0.25) is 0 Å². The molecule has 6 heteroatoms. The van der Waals surface area contributed by atoms with Crippen molar-refractivity contribution < 1.29 is 4.79 Å². The van der Waals surface area contributed by atoms with Crippen LogP contribution in [0.15, 0.2) is 27.1 Å². The molecule has 0 fully saturated rings. The van der Waals surface area contributed by atoms with Crippen molar-refractivity contribution in [2.75, 3.05) is 0 Å². The Kier molecular flexibility index (Phi) is 6.25. The molecular formula is C12H14Br2N2OS. The third-order valence-electron chi connectivity index (χ3n) is 2.40. The number of carbonyl (C=O) groups is 1. The monoisotopic (exact) mass is 392 g/mol. The maximum atomic E-state index is 12.1. The lowest BCUT2D eigenvalue weighted by Crippen LogP contribution is -2.37. The third-order valence-corrected chi connectivity index (χ3v) is 3.48. The summed E-state index contributed by atoms with van der Waals surface area (Å²) in [7, 11) is 0. The van der Waals surface area contributed by atoms with E-state index in [1.54, 1.807) is 12.1 Å². The lowest BCUT2D eigenvalue weighted by atomic mass is 10.1. The first kappa shape index (κ1) is 15.6. The Labute approximate surface area is 129 Å². The van der Waals surface area contributed by atoms with Crippen molar-refractivity contribution >= 4 is 55.0 Å².